The van der Waals surface area contributed by atoms with Crippen LogP contribution in [0.3, 0.4) is 0 Å². The van der Waals surface area contributed by atoms with Crippen molar-refractivity contribution in [3.8, 4) is 0 Å². The second-order valence-corrected chi connectivity index (χ2v) is 6.12. The molecule has 4 heteroatoms. The van der Waals surface area contributed by atoms with E-state index in [2.05, 4.69) is 41.4 Å². The SMILES string of the molecule is CNC(CC1CCN(Cc2cccc(C)c2)CC1)C(=O)O. The highest BCUT2D eigenvalue weighted by Crippen LogP contribution is 2.23. The lowest BCUT2D eigenvalue weighted by Crippen LogP contribution is -2.39. The van der Waals surface area contributed by atoms with Crippen molar-refractivity contribution >= 4 is 5.97 Å². The van der Waals surface area contributed by atoms with Crippen molar-refractivity contribution in [3.05, 3.63) is 35.4 Å². The Morgan fingerprint density at radius 1 is 1.43 bits per heavy atom. The van der Waals surface area contributed by atoms with Gasteiger partial charge in [0.15, 0.2) is 0 Å². The van der Waals surface area contributed by atoms with Gasteiger partial charge < -0.3 is 10.4 Å². The van der Waals surface area contributed by atoms with Gasteiger partial charge in [0.1, 0.15) is 6.04 Å². The van der Waals surface area contributed by atoms with Crippen LogP contribution in [0.15, 0.2) is 24.3 Å². The van der Waals surface area contributed by atoms with Crippen molar-refractivity contribution in [3.63, 3.8) is 0 Å². The van der Waals surface area contributed by atoms with Gasteiger partial charge in [-0.15, -0.1) is 0 Å². The van der Waals surface area contributed by atoms with Crippen LogP contribution in [-0.2, 0) is 11.3 Å². The molecule has 1 fully saturated rings. The highest BCUT2D eigenvalue weighted by molar-refractivity contribution is 5.73. The third-order valence-electron chi connectivity index (χ3n) is 4.41. The Kier molecular flexibility index (Phi) is 5.76. The molecular weight excluding hydrogens is 264 g/mol. The number of hydrogen-bond acceptors (Lipinski definition) is 3. The van der Waals surface area contributed by atoms with E-state index >= 15 is 0 Å². The first-order chi connectivity index (χ1) is 10.1. The van der Waals surface area contributed by atoms with Gasteiger partial charge in [0, 0.05) is 6.54 Å². The van der Waals surface area contributed by atoms with Crippen LogP contribution >= 0.6 is 0 Å². The monoisotopic (exact) mass is 290 g/mol. The Hall–Kier alpha value is -1.39. The maximum atomic E-state index is 11.1. The van der Waals surface area contributed by atoms with E-state index in [9.17, 15) is 4.79 Å². The van der Waals surface area contributed by atoms with Crippen LogP contribution in [0.5, 0.6) is 0 Å². The average Bonchev–Trinajstić information content (AvgIpc) is 2.46. The fourth-order valence-electron chi connectivity index (χ4n) is 3.12. The molecule has 0 bridgehead atoms. The van der Waals surface area contributed by atoms with E-state index in [4.69, 9.17) is 5.11 Å². The summed E-state index contributed by atoms with van der Waals surface area (Å²) in [4.78, 5) is 13.5. The molecule has 1 aliphatic rings. The minimum absolute atomic E-state index is 0.404. The first kappa shape index (κ1) is 16.0. The number of hydrogen-bond donors (Lipinski definition) is 2. The van der Waals surface area contributed by atoms with E-state index < -0.39 is 12.0 Å². The van der Waals surface area contributed by atoms with Crippen LogP contribution in [0, 0.1) is 12.8 Å². The Morgan fingerprint density at radius 3 is 2.71 bits per heavy atom. The normalized spacial score (nSPS) is 18.6. The molecule has 1 aromatic rings. The molecule has 1 heterocycles. The summed E-state index contributed by atoms with van der Waals surface area (Å²) in [5.41, 5.74) is 2.67. The summed E-state index contributed by atoms with van der Waals surface area (Å²) in [5.74, 6) is -0.216. The summed E-state index contributed by atoms with van der Waals surface area (Å²) in [7, 11) is 1.73. The predicted octanol–water partition coefficient (Wildman–Crippen LogP) is 2.27. The summed E-state index contributed by atoms with van der Waals surface area (Å²) in [6.07, 6.45) is 2.93. The number of carboxylic acid groups (broad SMARTS) is 1. The second kappa shape index (κ2) is 7.57. The number of nitrogens with one attached hydrogen (secondary N) is 1. The smallest absolute Gasteiger partial charge is 0.320 e. The van der Waals surface area contributed by atoms with Gasteiger partial charge in [0.2, 0.25) is 0 Å². The third kappa shape index (κ3) is 4.83. The molecule has 1 aromatic carbocycles. The number of rotatable bonds is 6. The molecule has 2 N–H and O–H groups in total. The molecule has 0 amide bonds. The van der Waals surface area contributed by atoms with Gasteiger partial charge in [-0.25, -0.2) is 0 Å². The molecule has 4 nitrogen and oxygen atoms in total. The Labute approximate surface area is 127 Å². The number of likely N-dealkylation sites (N-methyl/N-ethyl adjacent to an activating group) is 1. The van der Waals surface area contributed by atoms with Gasteiger partial charge in [-0.3, -0.25) is 9.69 Å². The van der Waals surface area contributed by atoms with Gasteiger partial charge >= 0.3 is 5.97 Å². The van der Waals surface area contributed by atoms with Crippen LogP contribution in [0.4, 0.5) is 0 Å². The van der Waals surface area contributed by atoms with Crippen LogP contribution in [0.25, 0.3) is 0 Å². The van der Waals surface area contributed by atoms with E-state index in [1.54, 1.807) is 7.05 Å². The zero-order valence-electron chi connectivity index (χ0n) is 13.0. The number of aliphatic carboxylic acids is 1. The van der Waals surface area contributed by atoms with Crippen LogP contribution in [-0.4, -0.2) is 42.2 Å². The molecule has 116 valence electrons. The zero-order valence-corrected chi connectivity index (χ0v) is 13.0. The van der Waals surface area contributed by atoms with E-state index in [0.29, 0.717) is 5.92 Å². The van der Waals surface area contributed by atoms with Gasteiger partial charge in [-0.05, 0) is 57.8 Å². The quantitative estimate of drug-likeness (QED) is 0.844. The van der Waals surface area contributed by atoms with Crippen molar-refractivity contribution < 1.29 is 9.90 Å². The minimum Gasteiger partial charge on any atom is -0.480 e. The molecule has 0 aliphatic carbocycles. The topological polar surface area (TPSA) is 52.6 Å². The number of piperidine rings is 1. The lowest BCUT2D eigenvalue weighted by Gasteiger charge is -2.33. The fraction of sp³-hybridized carbons (Fsp3) is 0.588. The second-order valence-electron chi connectivity index (χ2n) is 6.12. The van der Waals surface area contributed by atoms with Crippen molar-refractivity contribution in [2.75, 3.05) is 20.1 Å². The molecule has 0 spiro atoms. The molecule has 1 saturated heterocycles. The highest BCUT2D eigenvalue weighted by Gasteiger charge is 2.24. The molecule has 1 aliphatic heterocycles. The first-order valence-electron chi connectivity index (χ1n) is 7.76. The predicted molar refractivity (Wildman–Crippen MR) is 84.3 cm³/mol. The van der Waals surface area contributed by atoms with Gasteiger partial charge in [0.05, 0.1) is 0 Å². The summed E-state index contributed by atoms with van der Waals surface area (Å²) in [5, 5.41) is 12.0. The highest BCUT2D eigenvalue weighted by atomic mass is 16.4. The molecule has 21 heavy (non-hydrogen) atoms. The summed E-state index contributed by atoms with van der Waals surface area (Å²) in [6.45, 7) is 5.26. The molecule has 0 aromatic heterocycles. The third-order valence-corrected chi connectivity index (χ3v) is 4.41. The van der Waals surface area contributed by atoms with Crippen molar-refractivity contribution in [2.24, 2.45) is 5.92 Å². The number of benzene rings is 1. The minimum atomic E-state index is -0.736. The number of carbonyl (C=O) groups is 1. The number of aryl methyl sites for hydroxylation is 1. The van der Waals surface area contributed by atoms with Gasteiger partial charge in [-0.1, -0.05) is 29.8 Å². The van der Waals surface area contributed by atoms with E-state index in [-0.39, 0.29) is 0 Å². The maximum absolute atomic E-state index is 11.1. The summed E-state index contributed by atoms with van der Waals surface area (Å²) in [6, 6.07) is 8.26. The van der Waals surface area contributed by atoms with Gasteiger partial charge in [0.25, 0.3) is 0 Å². The number of carboxylic acids is 1. The lowest BCUT2D eigenvalue weighted by atomic mass is 9.90. The van der Waals surface area contributed by atoms with E-state index in [1.165, 1.54) is 11.1 Å². The summed E-state index contributed by atoms with van der Waals surface area (Å²) >= 11 is 0. The van der Waals surface area contributed by atoms with E-state index in [0.717, 1.165) is 38.9 Å². The van der Waals surface area contributed by atoms with Crippen LogP contribution in [0.1, 0.15) is 30.4 Å². The van der Waals surface area contributed by atoms with Crippen molar-refractivity contribution in [2.45, 2.75) is 38.8 Å². The molecule has 0 radical (unpaired) electrons. The first-order valence-corrected chi connectivity index (χ1v) is 7.76. The molecule has 1 atom stereocenters. The molecule has 0 saturated carbocycles. The number of likely N-dealkylation sites (tertiary alicyclic amines) is 1. The lowest BCUT2D eigenvalue weighted by molar-refractivity contribution is -0.139. The average molecular weight is 290 g/mol. The largest absolute Gasteiger partial charge is 0.480 e. The van der Waals surface area contributed by atoms with Gasteiger partial charge in [-0.2, -0.15) is 0 Å². The fourth-order valence-corrected chi connectivity index (χ4v) is 3.12. The Morgan fingerprint density at radius 2 is 2.14 bits per heavy atom. The van der Waals surface area contributed by atoms with Crippen molar-refractivity contribution in [1.29, 1.82) is 0 Å². The maximum Gasteiger partial charge on any atom is 0.320 e. The van der Waals surface area contributed by atoms with Crippen LogP contribution < -0.4 is 5.32 Å². The Balaban J connectivity index is 1.79. The Bertz CT molecular complexity index is 468. The molecule has 2 rings (SSSR count). The zero-order chi connectivity index (χ0) is 15.2. The standard InChI is InChI=1S/C17H26N2O2/c1-13-4-3-5-15(10-13)12-19-8-6-14(7-9-19)11-16(18-2)17(20)21/h3-5,10,14,16,18H,6-9,11-12H2,1-2H3,(H,20,21). The molecular formula is C17H26N2O2. The van der Waals surface area contributed by atoms with Crippen molar-refractivity contribution in [1.82, 2.24) is 10.2 Å². The van der Waals surface area contributed by atoms with E-state index in [1.807, 2.05) is 0 Å². The molecule has 1 unspecified atom stereocenters. The summed E-state index contributed by atoms with van der Waals surface area (Å²) < 4.78 is 0. The van der Waals surface area contributed by atoms with Crippen LogP contribution in [0.2, 0.25) is 0 Å². The number of nitrogens with zero attached hydrogens (tertiary/aromatic N) is 1.